The molecule has 0 radical (unpaired) electrons. The quantitative estimate of drug-likeness (QED) is 0.794. The highest BCUT2D eigenvalue weighted by Gasteiger charge is 2.37. The van der Waals surface area contributed by atoms with Crippen LogP contribution in [-0.4, -0.2) is 62.6 Å². The molecule has 2 heterocycles. The molecule has 0 aromatic carbocycles. The van der Waals surface area contributed by atoms with Gasteiger partial charge in [-0.3, -0.25) is 4.90 Å². The van der Waals surface area contributed by atoms with E-state index < -0.39 is 9.84 Å². The van der Waals surface area contributed by atoms with Gasteiger partial charge in [0.1, 0.15) is 0 Å². The van der Waals surface area contributed by atoms with Gasteiger partial charge in [-0.2, -0.15) is 0 Å². The molecule has 0 aliphatic carbocycles. The maximum Gasteiger partial charge on any atom is 0.172 e. The number of rotatable bonds is 5. The van der Waals surface area contributed by atoms with Crippen molar-refractivity contribution in [3.63, 3.8) is 0 Å². The van der Waals surface area contributed by atoms with Crippen molar-refractivity contribution in [3.05, 3.63) is 12.0 Å². The second kappa shape index (κ2) is 6.35. The van der Waals surface area contributed by atoms with Gasteiger partial charge in [0.25, 0.3) is 0 Å². The van der Waals surface area contributed by atoms with Crippen LogP contribution in [0, 0.1) is 5.92 Å². The molecule has 0 aromatic heterocycles. The summed E-state index contributed by atoms with van der Waals surface area (Å²) in [4.78, 5) is 2.18. The summed E-state index contributed by atoms with van der Waals surface area (Å²) in [5.74, 6) is 0.221. The molecule has 2 fully saturated rings. The van der Waals surface area contributed by atoms with Crippen LogP contribution in [0.15, 0.2) is 12.0 Å². The summed E-state index contributed by atoms with van der Waals surface area (Å²) < 4.78 is 28.4. The lowest BCUT2D eigenvalue weighted by Crippen LogP contribution is -2.47. The number of nitrogens with zero attached hydrogens (tertiary/aromatic N) is 1. The predicted molar refractivity (Wildman–Crippen MR) is 73.5 cm³/mol. The molecule has 5 nitrogen and oxygen atoms in total. The Morgan fingerprint density at radius 2 is 2.21 bits per heavy atom. The minimum Gasteiger partial charge on any atom is -0.393 e. The standard InChI is InChI=1S/C13H23NO4S/c1-2-19(16,17)9-7-14-6-3-4-12(14)11-10-18-8-5-13(11)15/h2,11-13,15H,1,3-10H2. The fourth-order valence-corrected chi connectivity index (χ4v) is 3.71. The molecule has 0 saturated carbocycles. The summed E-state index contributed by atoms with van der Waals surface area (Å²) in [6.45, 7) is 5.95. The van der Waals surface area contributed by atoms with E-state index in [9.17, 15) is 13.5 Å². The fourth-order valence-electron chi connectivity index (χ4n) is 3.06. The number of ether oxygens (including phenoxy) is 1. The van der Waals surface area contributed by atoms with E-state index in [2.05, 4.69) is 11.5 Å². The first-order valence-electron chi connectivity index (χ1n) is 6.88. The van der Waals surface area contributed by atoms with E-state index in [-0.39, 0.29) is 23.8 Å². The van der Waals surface area contributed by atoms with Gasteiger partial charge in [-0.25, -0.2) is 8.42 Å². The van der Waals surface area contributed by atoms with Gasteiger partial charge in [0.05, 0.1) is 18.5 Å². The second-order valence-corrected chi connectivity index (χ2v) is 7.44. The molecule has 2 aliphatic heterocycles. The maximum atomic E-state index is 11.5. The van der Waals surface area contributed by atoms with Crippen LogP contribution in [0.5, 0.6) is 0 Å². The van der Waals surface area contributed by atoms with Crippen molar-refractivity contribution in [1.82, 2.24) is 4.90 Å². The van der Waals surface area contributed by atoms with Crippen molar-refractivity contribution in [3.8, 4) is 0 Å². The Balaban J connectivity index is 1.94. The lowest BCUT2D eigenvalue weighted by molar-refractivity contribution is -0.0619. The number of hydrogen-bond donors (Lipinski definition) is 1. The summed E-state index contributed by atoms with van der Waals surface area (Å²) in [5, 5.41) is 11.1. The largest absolute Gasteiger partial charge is 0.393 e. The number of likely N-dealkylation sites (tertiary alicyclic amines) is 1. The molecule has 0 spiro atoms. The zero-order chi connectivity index (χ0) is 13.9. The molecule has 19 heavy (non-hydrogen) atoms. The smallest absolute Gasteiger partial charge is 0.172 e. The monoisotopic (exact) mass is 289 g/mol. The fraction of sp³-hybridized carbons (Fsp3) is 0.846. The van der Waals surface area contributed by atoms with Crippen molar-refractivity contribution in [1.29, 1.82) is 0 Å². The maximum absolute atomic E-state index is 11.5. The van der Waals surface area contributed by atoms with E-state index in [1.165, 1.54) is 0 Å². The van der Waals surface area contributed by atoms with Gasteiger partial charge in [-0.1, -0.05) is 6.58 Å². The molecule has 0 aromatic rings. The Morgan fingerprint density at radius 3 is 2.89 bits per heavy atom. The molecule has 0 amide bonds. The first-order chi connectivity index (χ1) is 9.03. The lowest BCUT2D eigenvalue weighted by atomic mass is 9.89. The van der Waals surface area contributed by atoms with Crippen LogP contribution < -0.4 is 0 Å². The van der Waals surface area contributed by atoms with Crippen molar-refractivity contribution in [2.45, 2.75) is 31.4 Å². The van der Waals surface area contributed by atoms with Gasteiger partial charge in [0.2, 0.25) is 0 Å². The molecule has 1 N–H and O–H groups in total. The normalized spacial score (nSPS) is 33.4. The highest BCUT2D eigenvalue weighted by atomic mass is 32.2. The van der Waals surface area contributed by atoms with Gasteiger partial charge in [-0.15, -0.1) is 0 Å². The molecule has 2 aliphatic rings. The Hall–Kier alpha value is -0.430. The zero-order valence-electron chi connectivity index (χ0n) is 11.2. The van der Waals surface area contributed by atoms with Gasteiger partial charge in [0.15, 0.2) is 9.84 Å². The van der Waals surface area contributed by atoms with Gasteiger partial charge in [0, 0.05) is 30.5 Å². The van der Waals surface area contributed by atoms with Crippen LogP contribution >= 0.6 is 0 Å². The summed E-state index contributed by atoms with van der Waals surface area (Å²) in [6, 6.07) is 0.246. The first kappa shape index (κ1) is 15.0. The Bertz CT molecular complexity index is 409. The van der Waals surface area contributed by atoms with Crippen molar-refractivity contribution in [2.75, 3.05) is 32.1 Å². The molecule has 0 bridgehead atoms. The van der Waals surface area contributed by atoms with E-state index in [0.29, 0.717) is 26.2 Å². The number of aliphatic hydroxyl groups excluding tert-OH is 1. The van der Waals surface area contributed by atoms with E-state index in [0.717, 1.165) is 24.8 Å². The van der Waals surface area contributed by atoms with Crippen molar-refractivity contribution >= 4 is 9.84 Å². The van der Waals surface area contributed by atoms with Crippen molar-refractivity contribution < 1.29 is 18.3 Å². The van der Waals surface area contributed by atoms with Gasteiger partial charge >= 0.3 is 0 Å². The number of hydrogen-bond acceptors (Lipinski definition) is 5. The molecular weight excluding hydrogens is 266 g/mol. The average molecular weight is 289 g/mol. The average Bonchev–Trinajstić information content (AvgIpc) is 2.85. The molecule has 3 unspecified atom stereocenters. The summed E-state index contributed by atoms with van der Waals surface area (Å²) in [5.41, 5.74) is 0. The molecule has 6 heteroatoms. The molecule has 2 rings (SSSR count). The van der Waals surface area contributed by atoms with E-state index in [1.807, 2.05) is 0 Å². The zero-order valence-corrected chi connectivity index (χ0v) is 12.0. The highest BCUT2D eigenvalue weighted by Crippen LogP contribution is 2.29. The van der Waals surface area contributed by atoms with E-state index in [1.54, 1.807) is 0 Å². The molecule has 2 saturated heterocycles. The lowest BCUT2D eigenvalue weighted by Gasteiger charge is -2.36. The minimum absolute atomic E-state index is 0.108. The Labute approximate surface area is 115 Å². The van der Waals surface area contributed by atoms with Gasteiger partial charge < -0.3 is 9.84 Å². The van der Waals surface area contributed by atoms with Crippen molar-refractivity contribution in [2.24, 2.45) is 5.92 Å². The summed E-state index contributed by atoms with van der Waals surface area (Å²) in [7, 11) is -3.15. The van der Waals surface area contributed by atoms with Crippen LogP contribution in [0.3, 0.4) is 0 Å². The Kier molecular flexibility index (Phi) is 5.00. The number of sulfone groups is 1. The summed E-state index contributed by atoms with van der Waals surface area (Å²) in [6.07, 6.45) is 2.43. The van der Waals surface area contributed by atoms with Crippen LogP contribution in [0.2, 0.25) is 0 Å². The third-order valence-electron chi connectivity index (χ3n) is 4.19. The van der Waals surface area contributed by atoms with Gasteiger partial charge in [-0.05, 0) is 25.8 Å². The molecule has 3 atom stereocenters. The van der Waals surface area contributed by atoms with Crippen LogP contribution in [0.1, 0.15) is 19.3 Å². The minimum atomic E-state index is -3.15. The third-order valence-corrected chi connectivity index (χ3v) is 5.45. The molecule has 110 valence electrons. The Morgan fingerprint density at radius 1 is 1.42 bits per heavy atom. The first-order valence-corrected chi connectivity index (χ1v) is 8.60. The van der Waals surface area contributed by atoms with Crippen LogP contribution in [0.25, 0.3) is 0 Å². The SMILES string of the molecule is C=CS(=O)(=O)CCN1CCCC1C1COCCC1O. The van der Waals surface area contributed by atoms with E-state index >= 15 is 0 Å². The molecular formula is C13H23NO4S. The highest BCUT2D eigenvalue weighted by molar-refractivity contribution is 7.94. The van der Waals surface area contributed by atoms with Crippen LogP contribution in [-0.2, 0) is 14.6 Å². The topological polar surface area (TPSA) is 66.8 Å². The number of aliphatic hydroxyl groups is 1. The predicted octanol–water partition coefficient (Wildman–Crippen LogP) is 0.406. The second-order valence-electron chi connectivity index (χ2n) is 5.37. The van der Waals surface area contributed by atoms with E-state index in [4.69, 9.17) is 4.74 Å². The summed E-state index contributed by atoms with van der Waals surface area (Å²) >= 11 is 0. The third kappa shape index (κ3) is 3.78. The van der Waals surface area contributed by atoms with Crippen LogP contribution in [0.4, 0.5) is 0 Å².